The fraction of sp³-hybridized carbons (Fsp3) is 0. The molecule has 1 heteroatoms. The second-order valence-corrected chi connectivity index (χ2v) is 4.27. The van der Waals surface area contributed by atoms with Crippen LogP contribution in [0.4, 0.5) is 0 Å². The van der Waals surface area contributed by atoms with Crippen LogP contribution in [0.2, 0.25) is 0 Å². The van der Waals surface area contributed by atoms with Crippen LogP contribution in [0.3, 0.4) is 0 Å². The van der Waals surface area contributed by atoms with Gasteiger partial charge in [-0.05, 0) is 10.8 Å². The van der Waals surface area contributed by atoms with Gasteiger partial charge < -0.3 is 30.3 Å². The van der Waals surface area contributed by atoms with E-state index in [2.05, 4.69) is 48.5 Å². The van der Waals surface area contributed by atoms with Gasteiger partial charge in [-0.15, -0.1) is 0 Å². The first-order chi connectivity index (χ1) is 9.97. The van der Waals surface area contributed by atoms with Crippen molar-refractivity contribution in [3.05, 3.63) is 109 Å². The van der Waals surface area contributed by atoms with Crippen LogP contribution < -0.4 is 0 Å². The molecular formula is C20H18Fe-6. The summed E-state index contributed by atoms with van der Waals surface area (Å²) in [5.74, 6) is 0. The Morgan fingerprint density at radius 3 is 1.05 bits per heavy atom. The van der Waals surface area contributed by atoms with Gasteiger partial charge in [0.25, 0.3) is 0 Å². The van der Waals surface area contributed by atoms with E-state index in [1.54, 1.807) is 0 Å². The molecule has 0 amide bonds. The van der Waals surface area contributed by atoms with Gasteiger partial charge in [0.2, 0.25) is 0 Å². The minimum Gasteiger partial charge on any atom is -0.748 e. The van der Waals surface area contributed by atoms with Crippen LogP contribution in [0.25, 0.3) is 10.8 Å². The van der Waals surface area contributed by atoms with Gasteiger partial charge in [0, 0.05) is 17.1 Å². The molecule has 0 atom stereocenters. The minimum atomic E-state index is 0. The second kappa shape index (κ2) is 10.7. The second-order valence-electron chi connectivity index (χ2n) is 4.27. The third-order valence-electron chi connectivity index (χ3n) is 2.77. The van der Waals surface area contributed by atoms with Crippen LogP contribution in [-0.4, -0.2) is 0 Å². The molecule has 21 heavy (non-hydrogen) atoms. The summed E-state index contributed by atoms with van der Waals surface area (Å²) in [6, 6.07) is 36.7. The Kier molecular flexibility index (Phi) is 8.63. The predicted octanol–water partition coefficient (Wildman–Crippen LogP) is 5.65. The van der Waals surface area contributed by atoms with Gasteiger partial charge in [-0.3, -0.25) is 0 Å². The van der Waals surface area contributed by atoms with Crippen molar-refractivity contribution >= 4 is 10.8 Å². The number of hydrogen-bond acceptors (Lipinski definition) is 0. The van der Waals surface area contributed by atoms with E-state index in [-0.39, 0.29) is 17.1 Å². The molecule has 0 aliphatic rings. The van der Waals surface area contributed by atoms with E-state index < -0.39 is 0 Å². The van der Waals surface area contributed by atoms with Gasteiger partial charge in [-0.2, -0.15) is 18.2 Å². The SMILES string of the molecule is [Fe].[cH-]1[cH-][cH-][cH-][cH-]1.c1cc[cH-]c1.c1ccc2ccccc2c1. The zero-order chi connectivity index (χ0) is 13.9. The van der Waals surface area contributed by atoms with Crippen molar-refractivity contribution in [2.45, 2.75) is 0 Å². The van der Waals surface area contributed by atoms with E-state index in [9.17, 15) is 0 Å². The summed E-state index contributed by atoms with van der Waals surface area (Å²) < 4.78 is 0. The van der Waals surface area contributed by atoms with Crippen LogP contribution in [-0.2, 0) is 17.1 Å². The van der Waals surface area contributed by atoms with E-state index >= 15 is 0 Å². The maximum absolute atomic E-state index is 2.12. The van der Waals surface area contributed by atoms with Crippen molar-refractivity contribution in [2.24, 2.45) is 0 Å². The summed E-state index contributed by atoms with van der Waals surface area (Å²) in [7, 11) is 0. The van der Waals surface area contributed by atoms with Crippen molar-refractivity contribution in [1.82, 2.24) is 0 Å². The molecule has 112 valence electrons. The molecule has 0 fully saturated rings. The molecule has 0 saturated carbocycles. The monoisotopic (exact) mass is 314 g/mol. The van der Waals surface area contributed by atoms with E-state index in [0.717, 1.165) is 0 Å². The standard InChI is InChI=1S/C10H8.2C5H5.Fe/c1-2-6-10-8-4-3-7-9(10)5-1;2*1-2-4-5-3-1;/h1-8H;2*1-5H;/q;-5;-1;. The van der Waals surface area contributed by atoms with Crippen LogP contribution in [0.1, 0.15) is 0 Å². The molecule has 4 rings (SSSR count). The molecule has 0 saturated heterocycles. The Labute approximate surface area is 137 Å². The molecule has 0 heterocycles. The summed E-state index contributed by atoms with van der Waals surface area (Å²) in [6.07, 6.45) is 0. The predicted molar refractivity (Wildman–Crippen MR) is 88.0 cm³/mol. The van der Waals surface area contributed by atoms with Gasteiger partial charge >= 0.3 is 0 Å². The molecule has 0 N–H and O–H groups in total. The first-order valence-corrected chi connectivity index (χ1v) is 6.74. The maximum Gasteiger partial charge on any atom is 0 e. The Hall–Kier alpha value is -2.08. The van der Waals surface area contributed by atoms with Crippen LogP contribution in [0.15, 0.2) is 109 Å². The molecule has 0 aliphatic carbocycles. The third-order valence-corrected chi connectivity index (χ3v) is 2.77. The summed E-state index contributed by atoms with van der Waals surface area (Å²) in [6.45, 7) is 0. The van der Waals surface area contributed by atoms with Crippen molar-refractivity contribution < 1.29 is 17.1 Å². The number of hydrogen-bond donors (Lipinski definition) is 0. The van der Waals surface area contributed by atoms with Crippen LogP contribution in [0, 0.1) is 0 Å². The molecule has 0 spiro atoms. The van der Waals surface area contributed by atoms with Crippen LogP contribution >= 0.6 is 0 Å². The average Bonchev–Trinajstić information content (AvgIpc) is 3.25. The third kappa shape index (κ3) is 6.76. The zero-order valence-corrected chi connectivity index (χ0v) is 12.9. The van der Waals surface area contributed by atoms with Gasteiger partial charge in [0.15, 0.2) is 0 Å². The molecule has 0 unspecified atom stereocenters. The quantitative estimate of drug-likeness (QED) is 0.291. The topological polar surface area (TPSA) is 0 Å². The molecule has 4 aromatic carbocycles. The van der Waals surface area contributed by atoms with Crippen molar-refractivity contribution in [3.8, 4) is 0 Å². The van der Waals surface area contributed by atoms with Gasteiger partial charge in [-0.1, -0.05) is 48.5 Å². The minimum absolute atomic E-state index is 0. The normalized spacial score (nSPS) is 8.57. The first kappa shape index (κ1) is 17.0. The number of benzene rings is 2. The Balaban J connectivity index is 0.000000171. The Bertz CT molecular complexity index is 538. The molecule has 0 aliphatic heterocycles. The molecule has 4 aromatic rings. The van der Waals surface area contributed by atoms with Gasteiger partial charge in [0.1, 0.15) is 0 Å². The van der Waals surface area contributed by atoms with E-state index in [1.807, 2.05) is 60.7 Å². The zero-order valence-electron chi connectivity index (χ0n) is 11.7. The van der Waals surface area contributed by atoms with Crippen LogP contribution in [0.5, 0.6) is 0 Å². The fourth-order valence-corrected chi connectivity index (χ4v) is 1.77. The molecular weight excluding hydrogens is 296 g/mol. The summed E-state index contributed by atoms with van der Waals surface area (Å²) in [4.78, 5) is 0. The number of fused-ring (bicyclic) bond motifs is 1. The van der Waals surface area contributed by atoms with Crippen molar-refractivity contribution in [2.75, 3.05) is 0 Å². The Morgan fingerprint density at radius 2 is 0.810 bits per heavy atom. The molecule has 0 nitrogen and oxygen atoms in total. The largest absolute Gasteiger partial charge is 0.748 e. The Morgan fingerprint density at radius 1 is 0.476 bits per heavy atom. The first-order valence-electron chi connectivity index (χ1n) is 6.74. The molecule has 0 radical (unpaired) electrons. The van der Waals surface area contributed by atoms with E-state index in [0.29, 0.717) is 0 Å². The molecule has 0 bridgehead atoms. The smallest absolute Gasteiger partial charge is 0 e. The van der Waals surface area contributed by atoms with Gasteiger partial charge in [-0.25, -0.2) is 12.1 Å². The fourth-order valence-electron chi connectivity index (χ4n) is 1.77. The number of rotatable bonds is 0. The summed E-state index contributed by atoms with van der Waals surface area (Å²) in [5, 5.41) is 2.62. The molecule has 0 aromatic heterocycles. The summed E-state index contributed by atoms with van der Waals surface area (Å²) >= 11 is 0. The summed E-state index contributed by atoms with van der Waals surface area (Å²) in [5.41, 5.74) is 0. The maximum atomic E-state index is 2.12. The van der Waals surface area contributed by atoms with E-state index in [1.165, 1.54) is 10.8 Å². The van der Waals surface area contributed by atoms with Crippen molar-refractivity contribution in [3.63, 3.8) is 0 Å². The van der Waals surface area contributed by atoms with E-state index in [4.69, 9.17) is 0 Å². The average molecular weight is 314 g/mol. The van der Waals surface area contributed by atoms with Crippen molar-refractivity contribution in [1.29, 1.82) is 0 Å². The van der Waals surface area contributed by atoms with Gasteiger partial charge in [0.05, 0.1) is 0 Å².